The van der Waals surface area contributed by atoms with Crippen LogP contribution in [0, 0.1) is 5.92 Å². The molecule has 2 fully saturated rings. The molecule has 1 aromatic rings. The van der Waals surface area contributed by atoms with Crippen molar-refractivity contribution in [2.75, 3.05) is 54.1 Å². The molecule has 1 aliphatic heterocycles. The topological polar surface area (TPSA) is 219 Å². The molecule has 1 aliphatic carbocycles. The van der Waals surface area contributed by atoms with Gasteiger partial charge in [-0.25, -0.2) is 0 Å². The molecule has 0 bridgehead atoms. The van der Waals surface area contributed by atoms with Gasteiger partial charge in [0.05, 0.1) is 11.5 Å². The molecule has 15 heteroatoms. The Morgan fingerprint density at radius 2 is 1.73 bits per heavy atom. The van der Waals surface area contributed by atoms with Gasteiger partial charge >= 0.3 is 0 Å². The maximum absolute atomic E-state index is 9.86. The predicted octanol–water partition coefficient (Wildman–Crippen LogP) is -1.38. The molecule has 8 N–H and O–H groups in total. The van der Waals surface area contributed by atoms with Crippen molar-refractivity contribution in [3.63, 3.8) is 0 Å². The summed E-state index contributed by atoms with van der Waals surface area (Å²) in [5.74, 6) is 0.993. The van der Waals surface area contributed by atoms with Gasteiger partial charge < -0.3 is 26.7 Å². The van der Waals surface area contributed by atoms with Crippen LogP contribution in [-0.4, -0.2) is 85.6 Å². The second kappa shape index (κ2) is 11.0. The Bertz CT molecular complexity index is 861. The van der Waals surface area contributed by atoms with Crippen LogP contribution in [-0.2, 0) is 20.2 Å². The molecule has 1 atom stereocenters. The lowest BCUT2D eigenvalue weighted by molar-refractivity contribution is 0.472. The number of rotatable bonds is 8. The van der Waals surface area contributed by atoms with Gasteiger partial charge in [0.25, 0.3) is 20.2 Å². The SMILES string of the molecule is CN[C@@H]1CCN(c2cc(NCC3CC3)nc(N)n2)C1.O.O=S(=O)(O)CCS(=O)(=O)O. The molecular formula is C15H30N6O7S2. The highest BCUT2D eigenvalue weighted by molar-refractivity contribution is 7.89. The minimum Gasteiger partial charge on any atom is -0.412 e. The highest BCUT2D eigenvalue weighted by Crippen LogP contribution is 2.29. The summed E-state index contributed by atoms with van der Waals surface area (Å²) in [7, 11) is -6.59. The maximum atomic E-state index is 9.86. The summed E-state index contributed by atoms with van der Waals surface area (Å²) in [6.07, 6.45) is 3.80. The van der Waals surface area contributed by atoms with Crippen molar-refractivity contribution in [3.05, 3.63) is 6.07 Å². The number of aromatic nitrogens is 2. The van der Waals surface area contributed by atoms with Crippen LogP contribution in [0.5, 0.6) is 0 Å². The first-order valence-electron chi connectivity index (χ1n) is 9.16. The van der Waals surface area contributed by atoms with Crippen LogP contribution in [0.4, 0.5) is 17.6 Å². The summed E-state index contributed by atoms with van der Waals surface area (Å²) in [5.41, 5.74) is 5.81. The second-order valence-electron chi connectivity index (χ2n) is 7.09. The Balaban J connectivity index is 0.000000354. The fourth-order valence-corrected chi connectivity index (χ4v) is 4.38. The van der Waals surface area contributed by atoms with Crippen molar-refractivity contribution in [3.8, 4) is 0 Å². The monoisotopic (exact) mass is 470 g/mol. The van der Waals surface area contributed by atoms with E-state index >= 15 is 0 Å². The Hall–Kier alpha value is -1.78. The van der Waals surface area contributed by atoms with E-state index in [0.717, 1.165) is 43.6 Å². The van der Waals surface area contributed by atoms with E-state index in [1.54, 1.807) is 0 Å². The zero-order valence-electron chi connectivity index (χ0n) is 16.7. The van der Waals surface area contributed by atoms with Crippen LogP contribution in [0.3, 0.4) is 0 Å². The number of likely N-dealkylation sites (N-methyl/N-ethyl adjacent to an activating group) is 1. The highest BCUT2D eigenvalue weighted by Gasteiger charge is 2.24. The molecule has 1 saturated heterocycles. The molecule has 0 spiro atoms. The molecule has 0 unspecified atom stereocenters. The van der Waals surface area contributed by atoms with Crippen molar-refractivity contribution in [2.24, 2.45) is 5.92 Å². The number of hydrogen-bond acceptors (Lipinski definition) is 10. The van der Waals surface area contributed by atoms with Crippen molar-refractivity contribution >= 4 is 37.8 Å². The highest BCUT2D eigenvalue weighted by atomic mass is 32.2. The molecule has 2 heterocycles. The van der Waals surface area contributed by atoms with E-state index in [-0.39, 0.29) is 5.48 Å². The lowest BCUT2D eigenvalue weighted by Crippen LogP contribution is -2.30. The van der Waals surface area contributed by atoms with E-state index < -0.39 is 31.7 Å². The molecule has 2 aliphatic rings. The van der Waals surface area contributed by atoms with E-state index in [4.69, 9.17) is 14.8 Å². The standard InChI is InChI=1S/C13H22N6.C2H6O6S2.H2O/c1-15-10-4-5-19(8-10)12-6-11(17-13(14)18-12)16-7-9-2-3-9;3-9(4,5)1-2-10(6,7)8;/h6,9-10,15H,2-5,7-8H2,1H3,(H3,14,16,17,18);1-2H2,(H,3,4,5)(H,6,7,8);1H2/t10-;;/m1../s1. The van der Waals surface area contributed by atoms with Gasteiger partial charge in [-0.2, -0.15) is 26.8 Å². The number of nitrogens with zero attached hydrogens (tertiary/aromatic N) is 3. The third-order valence-electron chi connectivity index (χ3n) is 4.52. The largest absolute Gasteiger partial charge is 0.412 e. The summed E-state index contributed by atoms with van der Waals surface area (Å²) < 4.78 is 55.4. The summed E-state index contributed by atoms with van der Waals surface area (Å²) >= 11 is 0. The third kappa shape index (κ3) is 10.3. The van der Waals surface area contributed by atoms with E-state index in [1.165, 1.54) is 12.8 Å². The van der Waals surface area contributed by atoms with Crippen LogP contribution in [0.15, 0.2) is 6.07 Å². The molecular weight excluding hydrogens is 440 g/mol. The maximum Gasteiger partial charge on any atom is 0.265 e. The summed E-state index contributed by atoms with van der Waals surface area (Å²) in [5, 5.41) is 6.67. The van der Waals surface area contributed by atoms with Gasteiger partial charge in [-0.1, -0.05) is 0 Å². The second-order valence-corrected chi connectivity index (χ2v) is 10.2. The number of nitrogens with two attached hydrogens (primary N) is 1. The molecule has 1 saturated carbocycles. The Kier molecular flexibility index (Phi) is 9.64. The van der Waals surface area contributed by atoms with Crippen molar-refractivity contribution in [2.45, 2.75) is 25.3 Å². The van der Waals surface area contributed by atoms with Gasteiger partial charge in [-0.3, -0.25) is 9.11 Å². The molecule has 30 heavy (non-hydrogen) atoms. The number of nitrogen functional groups attached to an aromatic ring is 1. The Morgan fingerprint density at radius 3 is 2.20 bits per heavy atom. The molecule has 0 amide bonds. The zero-order valence-corrected chi connectivity index (χ0v) is 18.3. The van der Waals surface area contributed by atoms with Crippen LogP contribution < -0.4 is 21.3 Å². The van der Waals surface area contributed by atoms with Crippen molar-refractivity contribution < 1.29 is 31.4 Å². The van der Waals surface area contributed by atoms with E-state index in [9.17, 15) is 16.8 Å². The number of hydrogen-bond donors (Lipinski definition) is 5. The quantitative estimate of drug-likeness (QED) is 0.277. The minimum absolute atomic E-state index is 0. The average Bonchev–Trinajstić information content (AvgIpc) is 3.32. The Morgan fingerprint density at radius 1 is 1.13 bits per heavy atom. The smallest absolute Gasteiger partial charge is 0.265 e. The van der Waals surface area contributed by atoms with Gasteiger partial charge in [0.2, 0.25) is 5.95 Å². The molecule has 3 rings (SSSR count). The third-order valence-corrected chi connectivity index (χ3v) is 6.22. The van der Waals surface area contributed by atoms with Gasteiger partial charge in [-0.05, 0) is 32.2 Å². The van der Waals surface area contributed by atoms with Gasteiger partial charge in [-0.15, -0.1) is 0 Å². The first-order chi connectivity index (χ1) is 13.4. The lowest BCUT2D eigenvalue weighted by Gasteiger charge is -2.18. The molecule has 0 aromatic carbocycles. The van der Waals surface area contributed by atoms with E-state index in [1.807, 2.05) is 13.1 Å². The van der Waals surface area contributed by atoms with Gasteiger partial charge in [0.15, 0.2) is 0 Å². The number of nitrogens with one attached hydrogen (secondary N) is 2. The fourth-order valence-electron chi connectivity index (χ4n) is 2.69. The molecule has 13 nitrogen and oxygen atoms in total. The summed E-state index contributed by atoms with van der Waals surface area (Å²) in [6, 6.07) is 2.55. The van der Waals surface area contributed by atoms with Crippen molar-refractivity contribution in [1.82, 2.24) is 15.3 Å². The van der Waals surface area contributed by atoms with Crippen LogP contribution in [0.2, 0.25) is 0 Å². The lowest BCUT2D eigenvalue weighted by atomic mass is 10.3. The van der Waals surface area contributed by atoms with E-state index in [0.29, 0.717) is 12.0 Å². The molecule has 174 valence electrons. The average molecular weight is 471 g/mol. The molecule has 0 radical (unpaired) electrons. The predicted molar refractivity (Wildman–Crippen MR) is 114 cm³/mol. The van der Waals surface area contributed by atoms with Crippen LogP contribution >= 0.6 is 0 Å². The van der Waals surface area contributed by atoms with Gasteiger partial charge in [0.1, 0.15) is 11.6 Å². The first kappa shape index (κ1) is 26.3. The normalized spacial score (nSPS) is 18.9. The van der Waals surface area contributed by atoms with Crippen LogP contribution in [0.25, 0.3) is 0 Å². The number of anilines is 3. The van der Waals surface area contributed by atoms with Gasteiger partial charge in [0, 0.05) is 31.7 Å². The Labute approximate surface area is 176 Å². The first-order valence-corrected chi connectivity index (χ1v) is 12.4. The zero-order chi connectivity index (χ0) is 21.7. The van der Waals surface area contributed by atoms with E-state index in [2.05, 4.69) is 25.5 Å². The minimum atomic E-state index is -4.30. The summed E-state index contributed by atoms with van der Waals surface area (Å²) in [6.45, 7) is 2.99. The summed E-state index contributed by atoms with van der Waals surface area (Å²) in [4.78, 5) is 10.9. The van der Waals surface area contributed by atoms with Crippen LogP contribution in [0.1, 0.15) is 19.3 Å². The molecule has 1 aromatic heterocycles. The van der Waals surface area contributed by atoms with Crippen molar-refractivity contribution in [1.29, 1.82) is 0 Å². The fraction of sp³-hybridized carbons (Fsp3) is 0.733.